The summed E-state index contributed by atoms with van der Waals surface area (Å²) in [6.07, 6.45) is 0. The standard InChI is InChI=1S/C28H27NO5/c1-18(2)17-34-23-11-7-10-20(16-23)26(30)24-25(19-8-5-4-6-9-19)29(28(32)27(24)31)21-12-14-22(33-3)15-13-21/h4-16,18,25,30H,17H2,1-3H3/b26-24-. The molecule has 1 heterocycles. The van der Waals surface area contributed by atoms with Gasteiger partial charge in [-0.1, -0.05) is 56.3 Å². The summed E-state index contributed by atoms with van der Waals surface area (Å²) in [5, 5.41) is 11.3. The van der Waals surface area contributed by atoms with Crippen LogP contribution in [-0.2, 0) is 9.59 Å². The van der Waals surface area contributed by atoms with Crippen molar-refractivity contribution in [3.05, 3.63) is 95.6 Å². The van der Waals surface area contributed by atoms with Crippen molar-refractivity contribution in [2.45, 2.75) is 19.9 Å². The molecule has 34 heavy (non-hydrogen) atoms. The number of aliphatic hydroxyl groups excluding tert-OH is 1. The smallest absolute Gasteiger partial charge is 0.300 e. The normalized spacial score (nSPS) is 17.3. The van der Waals surface area contributed by atoms with E-state index >= 15 is 0 Å². The lowest BCUT2D eigenvalue weighted by Crippen LogP contribution is -2.29. The van der Waals surface area contributed by atoms with Crippen molar-refractivity contribution in [1.29, 1.82) is 0 Å². The van der Waals surface area contributed by atoms with Gasteiger partial charge >= 0.3 is 0 Å². The third kappa shape index (κ3) is 4.53. The van der Waals surface area contributed by atoms with Gasteiger partial charge in [-0.2, -0.15) is 0 Å². The van der Waals surface area contributed by atoms with E-state index in [1.165, 1.54) is 4.90 Å². The molecule has 3 aromatic carbocycles. The number of nitrogens with zero attached hydrogens (tertiary/aromatic N) is 1. The topological polar surface area (TPSA) is 76.1 Å². The number of carbonyl (C=O) groups excluding carboxylic acids is 2. The lowest BCUT2D eigenvalue weighted by molar-refractivity contribution is -0.132. The molecule has 1 unspecified atom stereocenters. The van der Waals surface area contributed by atoms with Crippen LogP contribution in [0.3, 0.4) is 0 Å². The maximum absolute atomic E-state index is 13.2. The van der Waals surface area contributed by atoms with Gasteiger partial charge in [-0.15, -0.1) is 0 Å². The second-order valence-electron chi connectivity index (χ2n) is 8.51. The summed E-state index contributed by atoms with van der Waals surface area (Å²) in [6.45, 7) is 4.62. The molecule has 1 atom stereocenters. The molecule has 6 heteroatoms. The molecule has 1 saturated heterocycles. The first-order chi connectivity index (χ1) is 16.4. The van der Waals surface area contributed by atoms with E-state index in [9.17, 15) is 14.7 Å². The van der Waals surface area contributed by atoms with E-state index in [-0.39, 0.29) is 11.3 Å². The van der Waals surface area contributed by atoms with Gasteiger partial charge in [0, 0.05) is 11.3 Å². The molecule has 0 aromatic heterocycles. The van der Waals surface area contributed by atoms with Gasteiger partial charge in [0.25, 0.3) is 11.7 Å². The quantitative estimate of drug-likeness (QED) is 0.294. The second-order valence-corrected chi connectivity index (χ2v) is 8.51. The number of rotatable bonds is 7. The Bertz CT molecular complexity index is 1220. The summed E-state index contributed by atoms with van der Waals surface area (Å²) in [7, 11) is 1.56. The fourth-order valence-corrected chi connectivity index (χ4v) is 3.94. The van der Waals surface area contributed by atoms with Crippen LogP contribution in [0.5, 0.6) is 11.5 Å². The molecule has 3 aromatic rings. The Morgan fingerprint density at radius 3 is 2.29 bits per heavy atom. The highest BCUT2D eigenvalue weighted by molar-refractivity contribution is 6.51. The van der Waals surface area contributed by atoms with Crippen molar-refractivity contribution in [2.75, 3.05) is 18.6 Å². The van der Waals surface area contributed by atoms with E-state index in [1.807, 2.05) is 44.2 Å². The molecule has 0 aliphatic carbocycles. The van der Waals surface area contributed by atoms with Gasteiger partial charge in [-0.25, -0.2) is 0 Å². The molecule has 1 fully saturated rings. The zero-order chi connectivity index (χ0) is 24.2. The molecule has 1 N–H and O–H groups in total. The van der Waals surface area contributed by atoms with Crippen molar-refractivity contribution < 1.29 is 24.2 Å². The number of hydrogen-bond acceptors (Lipinski definition) is 5. The average Bonchev–Trinajstić information content (AvgIpc) is 3.13. The number of hydrogen-bond donors (Lipinski definition) is 1. The van der Waals surface area contributed by atoms with Crippen LogP contribution in [0, 0.1) is 5.92 Å². The molecule has 0 spiro atoms. The predicted molar refractivity (Wildman–Crippen MR) is 131 cm³/mol. The summed E-state index contributed by atoms with van der Waals surface area (Å²) in [5.74, 6) is -0.125. The maximum atomic E-state index is 13.2. The number of ether oxygens (including phenoxy) is 2. The minimum absolute atomic E-state index is 0.0352. The van der Waals surface area contributed by atoms with Crippen molar-refractivity contribution in [3.63, 3.8) is 0 Å². The Morgan fingerprint density at radius 1 is 0.941 bits per heavy atom. The Morgan fingerprint density at radius 2 is 1.65 bits per heavy atom. The minimum atomic E-state index is -0.783. The second kappa shape index (κ2) is 9.83. The number of anilines is 1. The van der Waals surface area contributed by atoms with Crippen LogP contribution in [0.25, 0.3) is 5.76 Å². The first kappa shape index (κ1) is 23.1. The van der Waals surface area contributed by atoms with Crippen LogP contribution in [-0.4, -0.2) is 30.5 Å². The average molecular weight is 458 g/mol. The first-order valence-electron chi connectivity index (χ1n) is 11.1. The summed E-state index contributed by atoms with van der Waals surface area (Å²) in [4.78, 5) is 27.9. The Hall–Kier alpha value is -4.06. The van der Waals surface area contributed by atoms with Crippen LogP contribution in [0.15, 0.2) is 84.4 Å². The molecule has 4 rings (SSSR count). The number of benzene rings is 3. The van der Waals surface area contributed by atoms with Gasteiger partial charge in [-0.3, -0.25) is 14.5 Å². The highest BCUT2D eigenvalue weighted by atomic mass is 16.5. The number of amides is 1. The van der Waals surface area contributed by atoms with E-state index in [4.69, 9.17) is 9.47 Å². The van der Waals surface area contributed by atoms with Crippen LogP contribution in [0.4, 0.5) is 5.69 Å². The summed E-state index contributed by atoms with van der Waals surface area (Å²) < 4.78 is 11.0. The Balaban J connectivity index is 1.83. The highest BCUT2D eigenvalue weighted by Gasteiger charge is 2.46. The molecule has 174 valence electrons. The highest BCUT2D eigenvalue weighted by Crippen LogP contribution is 2.42. The van der Waals surface area contributed by atoms with Crippen molar-refractivity contribution in [1.82, 2.24) is 0 Å². The van der Waals surface area contributed by atoms with Crippen molar-refractivity contribution in [2.24, 2.45) is 5.92 Å². The summed E-state index contributed by atoms with van der Waals surface area (Å²) in [6, 6.07) is 22.2. The predicted octanol–water partition coefficient (Wildman–Crippen LogP) is 5.36. The van der Waals surface area contributed by atoms with Gasteiger partial charge in [0.2, 0.25) is 0 Å². The molecule has 0 radical (unpaired) electrons. The number of Topliss-reactive ketones (excluding diaryl/α,β-unsaturated/α-hetero) is 1. The molecule has 1 aliphatic rings. The van der Waals surface area contributed by atoms with Gasteiger partial charge in [-0.05, 0) is 47.9 Å². The molecule has 0 saturated carbocycles. The Kier molecular flexibility index (Phi) is 6.68. The first-order valence-corrected chi connectivity index (χ1v) is 11.1. The zero-order valence-corrected chi connectivity index (χ0v) is 19.4. The fraction of sp³-hybridized carbons (Fsp3) is 0.214. The molecule has 1 amide bonds. The Labute approximate surface area is 199 Å². The number of carbonyl (C=O) groups is 2. The van der Waals surface area contributed by atoms with E-state index in [1.54, 1.807) is 55.6 Å². The summed E-state index contributed by atoms with van der Waals surface area (Å²) in [5.41, 5.74) is 1.69. The molecular formula is C28H27NO5. The van der Waals surface area contributed by atoms with Gasteiger partial charge in [0.15, 0.2) is 0 Å². The molecule has 0 bridgehead atoms. The van der Waals surface area contributed by atoms with Crippen LogP contribution in [0.1, 0.15) is 31.0 Å². The minimum Gasteiger partial charge on any atom is -0.507 e. The third-order valence-electron chi connectivity index (χ3n) is 5.60. The summed E-state index contributed by atoms with van der Waals surface area (Å²) >= 11 is 0. The van der Waals surface area contributed by atoms with Crippen molar-refractivity contribution in [3.8, 4) is 11.5 Å². The zero-order valence-electron chi connectivity index (χ0n) is 19.4. The van der Waals surface area contributed by atoms with Crippen molar-refractivity contribution >= 4 is 23.1 Å². The number of aliphatic hydroxyl groups is 1. The van der Waals surface area contributed by atoms with E-state index in [0.29, 0.717) is 40.8 Å². The fourth-order valence-electron chi connectivity index (χ4n) is 3.94. The lowest BCUT2D eigenvalue weighted by Gasteiger charge is -2.25. The van der Waals surface area contributed by atoms with Crippen LogP contribution >= 0.6 is 0 Å². The van der Waals surface area contributed by atoms with E-state index in [2.05, 4.69) is 0 Å². The van der Waals surface area contributed by atoms with Crippen LogP contribution < -0.4 is 14.4 Å². The number of ketones is 1. The molecular weight excluding hydrogens is 430 g/mol. The van der Waals surface area contributed by atoms with E-state index < -0.39 is 17.7 Å². The van der Waals surface area contributed by atoms with Gasteiger partial charge < -0.3 is 14.6 Å². The SMILES string of the molecule is COc1ccc(N2C(=O)C(=O)/C(=C(\O)c3cccc(OCC(C)C)c3)C2c2ccccc2)cc1. The number of methoxy groups -OCH3 is 1. The monoisotopic (exact) mass is 457 g/mol. The molecule has 1 aliphatic heterocycles. The van der Waals surface area contributed by atoms with Gasteiger partial charge in [0.05, 0.1) is 25.3 Å². The van der Waals surface area contributed by atoms with Crippen LogP contribution in [0.2, 0.25) is 0 Å². The van der Waals surface area contributed by atoms with E-state index in [0.717, 1.165) is 0 Å². The maximum Gasteiger partial charge on any atom is 0.300 e. The lowest BCUT2D eigenvalue weighted by atomic mass is 9.95. The third-order valence-corrected chi connectivity index (χ3v) is 5.60. The molecule has 6 nitrogen and oxygen atoms in total. The largest absolute Gasteiger partial charge is 0.507 e. The van der Waals surface area contributed by atoms with Gasteiger partial charge in [0.1, 0.15) is 17.3 Å².